The number of nitrogens with zero attached hydrogens (tertiary/aromatic N) is 4. The number of guanidine groups is 1. The van der Waals surface area contributed by atoms with Crippen molar-refractivity contribution in [3.8, 4) is 0 Å². The molecule has 6 heteroatoms. The third-order valence-corrected chi connectivity index (χ3v) is 4.99. The van der Waals surface area contributed by atoms with Crippen LogP contribution in [0.3, 0.4) is 0 Å². The van der Waals surface area contributed by atoms with Crippen LogP contribution in [0.5, 0.6) is 0 Å². The van der Waals surface area contributed by atoms with Gasteiger partial charge in [0.05, 0.1) is 0 Å². The van der Waals surface area contributed by atoms with Crippen molar-refractivity contribution in [2.24, 2.45) is 10.9 Å². The molecule has 0 radical (unpaired) electrons. The number of nitrogens with one attached hydrogen (secondary N) is 1. The number of benzene rings is 1. The highest BCUT2D eigenvalue weighted by Gasteiger charge is 2.17. The SMILES string of the molecule is CCNC(=NCC(C)CN1CCN(CC)CC1)N(C)Cc1ccccc1.I. The summed E-state index contributed by atoms with van der Waals surface area (Å²) in [4.78, 5) is 12.2. The first kappa shape index (κ1) is 24.2. The molecule has 1 aliphatic rings. The van der Waals surface area contributed by atoms with E-state index in [9.17, 15) is 0 Å². The van der Waals surface area contributed by atoms with E-state index in [2.05, 4.69) is 78.2 Å². The Morgan fingerprint density at radius 2 is 1.74 bits per heavy atom. The number of aliphatic imine (C=N–C) groups is 1. The van der Waals surface area contributed by atoms with Crippen LogP contribution < -0.4 is 5.32 Å². The van der Waals surface area contributed by atoms with Gasteiger partial charge in [-0.25, -0.2) is 0 Å². The Morgan fingerprint density at radius 1 is 1.11 bits per heavy atom. The van der Waals surface area contributed by atoms with Crippen LogP contribution >= 0.6 is 24.0 Å². The topological polar surface area (TPSA) is 34.1 Å². The first-order valence-corrected chi connectivity index (χ1v) is 10.1. The maximum absolute atomic E-state index is 4.90. The van der Waals surface area contributed by atoms with Gasteiger partial charge in [-0.1, -0.05) is 44.2 Å². The molecule has 154 valence electrons. The molecule has 2 rings (SSSR count). The molecule has 1 aromatic rings. The van der Waals surface area contributed by atoms with E-state index in [1.807, 2.05) is 0 Å². The van der Waals surface area contributed by atoms with Gasteiger partial charge < -0.3 is 20.0 Å². The first-order chi connectivity index (χ1) is 12.6. The number of piperazine rings is 1. The average Bonchev–Trinajstić information content (AvgIpc) is 2.66. The predicted octanol–water partition coefficient (Wildman–Crippen LogP) is 2.98. The number of rotatable bonds is 8. The van der Waals surface area contributed by atoms with Crippen LogP contribution in [0.15, 0.2) is 35.3 Å². The van der Waals surface area contributed by atoms with Gasteiger partial charge in [0.1, 0.15) is 0 Å². The van der Waals surface area contributed by atoms with Crippen molar-refractivity contribution in [1.82, 2.24) is 20.0 Å². The fourth-order valence-corrected chi connectivity index (χ4v) is 3.43. The zero-order chi connectivity index (χ0) is 18.8. The van der Waals surface area contributed by atoms with Gasteiger partial charge in [-0.2, -0.15) is 0 Å². The van der Waals surface area contributed by atoms with Gasteiger partial charge in [-0.05, 0) is 24.9 Å². The van der Waals surface area contributed by atoms with Gasteiger partial charge in [-0.15, -0.1) is 24.0 Å². The molecule has 1 fully saturated rings. The number of hydrogen-bond donors (Lipinski definition) is 1. The van der Waals surface area contributed by atoms with E-state index in [1.54, 1.807) is 0 Å². The van der Waals surface area contributed by atoms with Crippen molar-refractivity contribution in [1.29, 1.82) is 0 Å². The average molecular weight is 487 g/mol. The summed E-state index contributed by atoms with van der Waals surface area (Å²) in [5.74, 6) is 1.57. The molecule has 1 N–H and O–H groups in total. The summed E-state index contributed by atoms with van der Waals surface area (Å²) < 4.78 is 0. The molecular formula is C21H38IN5. The molecule has 5 nitrogen and oxygen atoms in total. The minimum absolute atomic E-state index is 0. The molecule has 1 heterocycles. The van der Waals surface area contributed by atoms with Crippen LogP contribution in [0.25, 0.3) is 0 Å². The highest BCUT2D eigenvalue weighted by Crippen LogP contribution is 2.07. The van der Waals surface area contributed by atoms with E-state index in [4.69, 9.17) is 4.99 Å². The summed E-state index contributed by atoms with van der Waals surface area (Å²) in [5.41, 5.74) is 1.31. The van der Waals surface area contributed by atoms with Gasteiger partial charge in [0.25, 0.3) is 0 Å². The van der Waals surface area contributed by atoms with E-state index in [0.29, 0.717) is 5.92 Å². The van der Waals surface area contributed by atoms with Crippen molar-refractivity contribution in [3.05, 3.63) is 35.9 Å². The minimum Gasteiger partial charge on any atom is -0.357 e. The molecular weight excluding hydrogens is 449 g/mol. The van der Waals surface area contributed by atoms with Crippen molar-refractivity contribution in [2.75, 3.05) is 59.4 Å². The summed E-state index contributed by atoms with van der Waals surface area (Å²) in [6.45, 7) is 16.4. The molecule has 0 amide bonds. The van der Waals surface area contributed by atoms with Crippen LogP contribution in [0.2, 0.25) is 0 Å². The second-order valence-corrected chi connectivity index (χ2v) is 7.38. The minimum atomic E-state index is 0. The molecule has 0 bridgehead atoms. The van der Waals surface area contributed by atoms with Crippen molar-refractivity contribution >= 4 is 29.9 Å². The molecule has 0 saturated carbocycles. The lowest BCUT2D eigenvalue weighted by atomic mass is 10.1. The van der Waals surface area contributed by atoms with E-state index >= 15 is 0 Å². The van der Waals surface area contributed by atoms with Crippen LogP contribution in [-0.4, -0.2) is 80.1 Å². The molecule has 1 aromatic carbocycles. The quantitative estimate of drug-likeness (QED) is 0.348. The Bertz CT molecular complexity index is 529. The van der Waals surface area contributed by atoms with Gasteiger partial charge in [0.2, 0.25) is 0 Å². The third-order valence-electron chi connectivity index (χ3n) is 4.99. The lowest BCUT2D eigenvalue weighted by molar-refractivity contribution is 0.125. The monoisotopic (exact) mass is 487 g/mol. The van der Waals surface area contributed by atoms with E-state index in [1.165, 1.54) is 38.3 Å². The first-order valence-electron chi connectivity index (χ1n) is 10.1. The zero-order valence-corrected chi connectivity index (χ0v) is 19.9. The van der Waals surface area contributed by atoms with Crippen LogP contribution in [0.4, 0.5) is 0 Å². The molecule has 1 saturated heterocycles. The van der Waals surface area contributed by atoms with Crippen molar-refractivity contribution < 1.29 is 0 Å². The maximum atomic E-state index is 4.90. The van der Waals surface area contributed by atoms with Gasteiger partial charge in [0.15, 0.2) is 5.96 Å². The molecule has 1 atom stereocenters. The van der Waals surface area contributed by atoms with Gasteiger partial charge in [0, 0.05) is 59.4 Å². The number of hydrogen-bond acceptors (Lipinski definition) is 3. The largest absolute Gasteiger partial charge is 0.357 e. The highest BCUT2D eigenvalue weighted by molar-refractivity contribution is 14.0. The summed E-state index contributed by atoms with van der Waals surface area (Å²) >= 11 is 0. The highest BCUT2D eigenvalue weighted by atomic mass is 127. The van der Waals surface area contributed by atoms with Crippen LogP contribution in [-0.2, 0) is 6.54 Å². The Hall–Kier alpha value is -0.860. The summed E-state index contributed by atoms with van der Waals surface area (Å²) in [7, 11) is 2.11. The Kier molecular flexibility index (Phi) is 11.9. The zero-order valence-electron chi connectivity index (χ0n) is 17.5. The van der Waals surface area contributed by atoms with Crippen molar-refractivity contribution in [2.45, 2.75) is 27.3 Å². The Labute approximate surface area is 183 Å². The fraction of sp³-hybridized carbons (Fsp3) is 0.667. The summed E-state index contributed by atoms with van der Waals surface area (Å²) in [5, 5.41) is 3.43. The molecule has 0 aliphatic carbocycles. The van der Waals surface area contributed by atoms with Gasteiger partial charge in [-0.3, -0.25) is 4.99 Å². The van der Waals surface area contributed by atoms with Crippen LogP contribution in [0.1, 0.15) is 26.3 Å². The van der Waals surface area contributed by atoms with Crippen molar-refractivity contribution in [3.63, 3.8) is 0 Å². The third kappa shape index (κ3) is 8.79. The maximum Gasteiger partial charge on any atom is 0.193 e. The second kappa shape index (κ2) is 13.3. The molecule has 0 spiro atoms. The predicted molar refractivity (Wildman–Crippen MR) is 127 cm³/mol. The number of likely N-dealkylation sites (N-methyl/N-ethyl adjacent to an activating group) is 1. The smallest absolute Gasteiger partial charge is 0.193 e. The summed E-state index contributed by atoms with van der Waals surface area (Å²) in [6.07, 6.45) is 0. The Balaban J connectivity index is 0.00000364. The fourth-order valence-electron chi connectivity index (χ4n) is 3.43. The van der Waals surface area contributed by atoms with E-state index in [0.717, 1.165) is 32.1 Å². The Morgan fingerprint density at radius 3 is 2.33 bits per heavy atom. The number of halogens is 1. The second-order valence-electron chi connectivity index (χ2n) is 7.38. The molecule has 1 aliphatic heterocycles. The standard InChI is InChI=1S/C21H37N5.HI/c1-5-22-21(24(4)18-20-10-8-7-9-11-20)23-16-19(3)17-26-14-12-25(6-2)13-15-26;/h7-11,19H,5-6,12-18H2,1-4H3,(H,22,23);1H. The summed E-state index contributed by atoms with van der Waals surface area (Å²) in [6, 6.07) is 10.6. The normalized spacial score (nSPS) is 17.3. The van der Waals surface area contributed by atoms with E-state index < -0.39 is 0 Å². The lowest BCUT2D eigenvalue weighted by Crippen LogP contribution is -2.47. The molecule has 0 aromatic heterocycles. The van der Waals surface area contributed by atoms with Gasteiger partial charge >= 0.3 is 0 Å². The molecule has 27 heavy (non-hydrogen) atoms. The van der Waals surface area contributed by atoms with Crippen LogP contribution in [0, 0.1) is 5.92 Å². The van der Waals surface area contributed by atoms with E-state index in [-0.39, 0.29) is 24.0 Å². The lowest BCUT2D eigenvalue weighted by Gasteiger charge is -2.35. The molecule has 1 unspecified atom stereocenters.